The molecule has 2 aliphatic carbocycles. The lowest BCUT2D eigenvalue weighted by Gasteiger charge is -2.29. The second kappa shape index (κ2) is 6.75. The Morgan fingerprint density at radius 1 is 0.750 bits per heavy atom. The van der Waals surface area contributed by atoms with E-state index < -0.39 is 0 Å². The van der Waals surface area contributed by atoms with E-state index in [9.17, 15) is 0 Å². The summed E-state index contributed by atoms with van der Waals surface area (Å²) < 4.78 is 0. The molecule has 0 heteroatoms. The van der Waals surface area contributed by atoms with E-state index in [0.29, 0.717) is 0 Å². The molecule has 0 nitrogen and oxygen atoms in total. The molecule has 0 amide bonds. The number of benzene rings is 2. The van der Waals surface area contributed by atoms with E-state index in [4.69, 9.17) is 0 Å². The van der Waals surface area contributed by atoms with Crippen LogP contribution in [0.4, 0.5) is 0 Å². The van der Waals surface area contributed by atoms with Crippen LogP contribution in [0.5, 0.6) is 0 Å². The maximum Gasteiger partial charge on any atom is -0.0128 e. The molecule has 2 aliphatic rings. The van der Waals surface area contributed by atoms with Crippen LogP contribution in [0.15, 0.2) is 48.5 Å². The highest BCUT2D eigenvalue weighted by Gasteiger charge is 2.44. The molecule has 0 aliphatic heterocycles. The van der Waals surface area contributed by atoms with E-state index in [1.165, 1.54) is 55.2 Å². The van der Waals surface area contributed by atoms with Gasteiger partial charge in [0.2, 0.25) is 0 Å². The van der Waals surface area contributed by atoms with Crippen molar-refractivity contribution in [2.75, 3.05) is 0 Å². The summed E-state index contributed by atoms with van der Waals surface area (Å²) in [6.45, 7) is 4.36. The van der Waals surface area contributed by atoms with Gasteiger partial charge in [0.1, 0.15) is 0 Å². The van der Waals surface area contributed by atoms with E-state index in [2.05, 4.69) is 62.4 Å². The van der Waals surface area contributed by atoms with Gasteiger partial charge in [0.15, 0.2) is 0 Å². The van der Waals surface area contributed by atoms with Gasteiger partial charge in [-0.25, -0.2) is 0 Å². The van der Waals surface area contributed by atoms with Crippen molar-refractivity contribution in [1.29, 1.82) is 0 Å². The smallest absolute Gasteiger partial charge is 0.0128 e. The van der Waals surface area contributed by atoms with E-state index in [1.54, 1.807) is 5.56 Å². The molecule has 2 atom stereocenters. The third-order valence-corrected chi connectivity index (χ3v) is 6.49. The Hall–Kier alpha value is -1.56. The second-order valence-electron chi connectivity index (χ2n) is 8.39. The first kappa shape index (κ1) is 15.9. The first-order chi connectivity index (χ1) is 11.7. The van der Waals surface area contributed by atoms with Gasteiger partial charge >= 0.3 is 0 Å². The molecule has 2 unspecified atom stereocenters. The quantitative estimate of drug-likeness (QED) is 0.607. The fraction of sp³-hybridized carbons (Fsp3) is 0.500. The molecular weight excluding hydrogens is 288 g/mol. The Kier molecular flexibility index (Phi) is 4.48. The molecule has 2 saturated carbocycles. The first-order valence-corrected chi connectivity index (χ1v) is 9.81. The maximum absolute atomic E-state index is 2.36. The summed E-state index contributed by atoms with van der Waals surface area (Å²) in [5, 5.41) is 0. The number of hydrogen-bond acceptors (Lipinski definition) is 0. The van der Waals surface area contributed by atoms with Crippen LogP contribution in [0.1, 0.15) is 60.3 Å². The van der Waals surface area contributed by atoms with Gasteiger partial charge in [-0.05, 0) is 87.2 Å². The van der Waals surface area contributed by atoms with Crippen molar-refractivity contribution in [2.45, 2.75) is 58.3 Å². The van der Waals surface area contributed by atoms with Crippen molar-refractivity contribution < 1.29 is 0 Å². The normalized spacial score (nSPS) is 29.4. The summed E-state index contributed by atoms with van der Waals surface area (Å²) in [5.41, 5.74) is 5.88. The Balaban J connectivity index is 1.28. The highest BCUT2D eigenvalue weighted by molar-refractivity contribution is 5.29. The van der Waals surface area contributed by atoms with Gasteiger partial charge in [-0.15, -0.1) is 0 Å². The standard InChI is InChI=1S/C24H30/c1-17-3-7-19(8-4-17)15-20-9-13-22(14-10-20)24-16-23(24)21-11-5-18(2)6-12-21/h3-8,11-12,20,22-24H,9-10,13-16H2,1-2H3. The van der Waals surface area contributed by atoms with Crippen molar-refractivity contribution in [2.24, 2.45) is 17.8 Å². The van der Waals surface area contributed by atoms with Crippen molar-refractivity contribution in [3.8, 4) is 0 Å². The lowest BCUT2D eigenvalue weighted by atomic mass is 9.77. The van der Waals surface area contributed by atoms with Crippen LogP contribution in [-0.4, -0.2) is 0 Å². The summed E-state index contributed by atoms with van der Waals surface area (Å²) in [4.78, 5) is 0. The van der Waals surface area contributed by atoms with E-state index in [-0.39, 0.29) is 0 Å². The molecular formula is C24H30. The van der Waals surface area contributed by atoms with Crippen LogP contribution < -0.4 is 0 Å². The fourth-order valence-electron chi connectivity index (χ4n) is 4.81. The number of aryl methyl sites for hydroxylation is 2. The van der Waals surface area contributed by atoms with Crippen LogP contribution in [0.3, 0.4) is 0 Å². The average molecular weight is 319 g/mol. The van der Waals surface area contributed by atoms with Gasteiger partial charge in [0.25, 0.3) is 0 Å². The van der Waals surface area contributed by atoms with Gasteiger partial charge < -0.3 is 0 Å². The van der Waals surface area contributed by atoms with E-state index in [1.807, 2.05) is 0 Å². The minimum atomic E-state index is 0.865. The minimum Gasteiger partial charge on any atom is -0.0591 e. The monoisotopic (exact) mass is 318 g/mol. The Morgan fingerprint density at radius 3 is 1.96 bits per heavy atom. The molecule has 4 rings (SSSR count). The van der Waals surface area contributed by atoms with Crippen molar-refractivity contribution >= 4 is 0 Å². The summed E-state index contributed by atoms with van der Waals surface area (Å²) in [6.07, 6.45) is 8.54. The van der Waals surface area contributed by atoms with Crippen LogP contribution in [0, 0.1) is 31.6 Å². The van der Waals surface area contributed by atoms with E-state index >= 15 is 0 Å². The number of hydrogen-bond donors (Lipinski definition) is 0. The molecule has 2 aromatic rings. The van der Waals surface area contributed by atoms with Crippen LogP contribution in [0.25, 0.3) is 0 Å². The number of rotatable bonds is 4. The first-order valence-electron chi connectivity index (χ1n) is 9.81. The molecule has 0 heterocycles. The SMILES string of the molecule is Cc1ccc(CC2CCC(C3CC3c3ccc(C)cc3)CC2)cc1. The molecule has 0 spiro atoms. The summed E-state index contributed by atoms with van der Waals surface area (Å²) in [7, 11) is 0. The topological polar surface area (TPSA) is 0 Å². The molecule has 0 bridgehead atoms. The van der Waals surface area contributed by atoms with Crippen LogP contribution in [-0.2, 0) is 6.42 Å². The molecule has 2 aromatic carbocycles. The Labute approximate surface area is 147 Å². The van der Waals surface area contributed by atoms with Gasteiger partial charge in [-0.3, -0.25) is 0 Å². The average Bonchev–Trinajstić information content (AvgIpc) is 3.39. The molecule has 24 heavy (non-hydrogen) atoms. The Bertz CT molecular complexity index is 656. The molecule has 0 N–H and O–H groups in total. The predicted octanol–water partition coefficient (Wildman–Crippen LogP) is 6.46. The maximum atomic E-state index is 2.36. The van der Waals surface area contributed by atoms with Gasteiger partial charge in [0.05, 0.1) is 0 Å². The molecule has 2 fully saturated rings. The Morgan fingerprint density at radius 2 is 1.33 bits per heavy atom. The van der Waals surface area contributed by atoms with Gasteiger partial charge in [-0.2, -0.15) is 0 Å². The molecule has 0 radical (unpaired) electrons. The predicted molar refractivity (Wildman–Crippen MR) is 102 cm³/mol. The minimum absolute atomic E-state index is 0.865. The zero-order chi connectivity index (χ0) is 16.5. The van der Waals surface area contributed by atoms with Crippen LogP contribution in [0.2, 0.25) is 0 Å². The van der Waals surface area contributed by atoms with Crippen LogP contribution >= 0.6 is 0 Å². The van der Waals surface area contributed by atoms with Crippen molar-refractivity contribution in [3.05, 3.63) is 70.8 Å². The lowest BCUT2D eigenvalue weighted by molar-refractivity contribution is 0.248. The highest BCUT2D eigenvalue weighted by atomic mass is 14.5. The van der Waals surface area contributed by atoms with Gasteiger partial charge in [-0.1, -0.05) is 59.7 Å². The third-order valence-electron chi connectivity index (χ3n) is 6.49. The zero-order valence-electron chi connectivity index (χ0n) is 15.2. The molecule has 0 aromatic heterocycles. The highest BCUT2D eigenvalue weighted by Crippen LogP contribution is 2.55. The second-order valence-corrected chi connectivity index (χ2v) is 8.39. The van der Waals surface area contributed by atoms with Gasteiger partial charge in [0, 0.05) is 0 Å². The fourth-order valence-corrected chi connectivity index (χ4v) is 4.81. The molecule has 0 saturated heterocycles. The lowest BCUT2D eigenvalue weighted by Crippen LogP contribution is -2.18. The van der Waals surface area contributed by atoms with Crippen molar-refractivity contribution in [1.82, 2.24) is 0 Å². The summed E-state index contributed by atoms with van der Waals surface area (Å²) >= 11 is 0. The van der Waals surface area contributed by atoms with E-state index in [0.717, 1.165) is 23.7 Å². The summed E-state index contributed by atoms with van der Waals surface area (Å²) in [5.74, 6) is 3.75. The zero-order valence-corrected chi connectivity index (χ0v) is 15.2. The summed E-state index contributed by atoms with van der Waals surface area (Å²) in [6, 6.07) is 18.5. The third kappa shape index (κ3) is 3.58. The largest absolute Gasteiger partial charge is 0.0591 e. The molecule has 126 valence electrons. The van der Waals surface area contributed by atoms with Crippen molar-refractivity contribution in [3.63, 3.8) is 0 Å².